The standard InChI is InChI=1S/C37H47ClN8O3/c1-48-32-21-27-11-16-45(15-6-5-14-39)37(30(27)22-33(32)49-2)12-9-26(10-13-37)36(47)44-19-17-43(18-20-44)34-29-23-42-46(35(29)41-25-40-34)24-28-7-3-4-8-31(28)38/h3-4,7-8,21-23,25-26H,5-6,9-20,24,39H2,1-2H3/t26-,37+. The lowest BCUT2D eigenvalue weighted by molar-refractivity contribution is -0.138. The van der Waals surface area contributed by atoms with Crippen LogP contribution < -0.4 is 20.1 Å². The Kier molecular flexibility index (Phi) is 9.94. The van der Waals surface area contributed by atoms with Crippen LogP contribution in [0.15, 0.2) is 48.9 Å². The Morgan fingerprint density at radius 3 is 2.49 bits per heavy atom. The van der Waals surface area contributed by atoms with Gasteiger partial charge in [-0.2, -0.15) is 5.10 Å². The van der Waals surface area contributed by atoms with Crippen molar-refractivity contribution in [2.24, 2.45) is 11.7 Å². The lowest BCUT2D eigenvalue weighted by Crippen LogP contribution is -2.55. The van der Waals surface area contributed by atoms with Crippen molar-refractivity contribution < 1.29 is 14.3 Å². The third-order valence-electron chi connectivity index (χ3n) is 11.0. The number of ether oxygens (including phenoxy) is 2. The number of piperazine rings is 1. The molecule has 1 saturated carbocycles. The summed E-state index contributed by atoms with van der Waals surface area (Å²) in [6.07, 6.45) is 10.2. The maximum absolute atomic E-state index is 14.0. The summed E-state index contributed by atoms with van der Waals surface area (Å²) in [7, 11) is 3.40. The van der Waals surface area contributed by atoms with Crippen LogP contribution in [0, 0.1) is 5.92 Å². The molecular formula is C37H47ClN8O3. The van der Waals surface area contributed by atoms with Gasteiger partial charge in [-0.1, -0.05) is 29.8 Å². The van der Waals surface area contributed by atoms with Gasteiger partial charge in [0, 0.05) is 49.2 Å². The summed E-state index contributed by atoms with van der Waals surface area (Å²) >= 11 is 6.42. The van der Waals surface area contributed by atoms with E-state index in [1.807, 2.05) is 35.1 Å². The highest BCUT2D eigenvalue weighted by molar-refractivity contribution is 6.31. The molecule has 0 unspecified atom stereocenters. The van der Waals surface area contributed by atoms with Gasteiger partial charge >= 0.3 is 0 Å². The minimum atomic E-state index is -0.105. The molecule has 49 heavy (non-hydrogen) atoms. The topological polar surface area (TPSA) is 115 Å². The predicted molar refractivity (Wildman–Crippen MR) is 191 cm³/mol. The summed E-state index contributed by atoms with van der Waals surface area (Å²) in [4.78, 5) is 30.2. The van der Waals surface area contributed by atoms with E-state index in [0.29, 0.717) is 44.3 Å². The molecule has 7 rings (SSSR count). The van der Waals surface area contributed by atoms with Crippen LogP contribution in [0.5, 0.6) is 11.5 Å². The van der Waals surface area contributed by atoms with Crippen molar-refractivity contribution in [1.82, 2.24) is 29.5 Å². The van der Waals surface area contributed by atoms with Crippen molar-refractivity contribution >= 4 is 34.4 Å². The summed E-state index contributed by atoms with van der Waals surface area (Å²) in [5, 5.41) is 6.24. The molecule has 12 heteroatoms. The Labute approximate surface area is 293 Å². The Morgan fingerprint density at radius 2 is 1.76 bits per heavy atom. The molecule has 2 fully saturated rings. The molecule has 1 aliphatic carbocycles. The second kappa shape index (κ2) is 14.5. The van der Waals surface area contributed by atoms with Gasteiger partial charge in [0.1, 0.15) is 12.1 Å². The quantitative estimate of drug-likeness (QED) is 0.233. The first kappa shape index (κ1) is 33.6. The average molecular weight is 687 g/mol. The number of unbranched alkanes of at least 4 members (excludes halogenated alkanes) is 1. The SMILES string of the molecule is COc1cc2c(cc1OC)[C@]1(CC[C@H](C(=O)N3CCN(c4ncnc5c4cnn5Cc4ccccc4Cl)CC3)CC1)N(CCCCN)CC2. The Hall–Kier alpha value is -3.93. The van der Waals surface area contributed by atoms with Crippen LogP contribution in [-0.4, -0.2) is 95.5 Å². The van der Waals surface area contributed by atoms with Crippen LogP contribution in [0.4, 0.5) is 5.82 Å². The van der Waals surface area contributed by atoms with Crippen LogP contribution in [0.2, 0.25) is 5.02 Å². The number of methoxy groups -OCH3 is 2. The summed E-state index contributed by atoms with van der Waals surface area (Å²) in [6, 6.07) is 12.2. The highest BCUT2D eigenvalue weighted by Crippen LogP contribution is 2.50. The molecule has 0 atom stereocenters. The lowest BCUT2D eigenvalue weighted by atomic mass is 9.68. The highest BCUT2D eigenvalue weighted by Gasteiger charge is 2.47. The van der Waals surface area contributed by atoms with Crippen LogP contribution in [0.1, 0.15) is 55.2 Å². The molecule has 2 N–H and O–H groups in total. The number of halogens is 1. The van der Waals surface area contributed by atoms with Crippen molar-refractivity contribution in [2.75, 3.05) is 64.9 Å². The van der Waals surface area contributed by atoms with E-state index in [2.05, 4.69) is 41.9 Å². The third kappa shape index (κ3) is 6.44. The maximum Gasteiger partial charge on any atom is 0.225 e. The number of anilines is 1. The number of hydrogen-bond donors (Lipinski definition) is 1. The number of amides is 1. The molecule has 1 amide bonds. The zero-order valence-electron chi connectivity index (χ0n) is 28.6. The predicted octanol–water partition coefficient (Wildman–Crippen LogP) is 4.88. The number of hydrogen-bond acceptors (Lipinski definition) is 9. The van der Waals surface area contributed by atoms with E-state index >= 15 is 0 Å². The average Bonchev–Trinajstić information content (AvgIpc) is 3.56. The smallest absolute Gasteiger partial charge is 0.225 e. The lowest BCUT2D eigenvalue weighted by Gasteiger charge is -2.52. The van der Waals surface area contributed by atoms with Gasteiger partial charge in [0.25, 0.3) is 0 Å². The van der Waals surface area contributed by atoms with Crippen LogP contribution in [0.3, 0.4) is 0 Å². The number of benzene rings is 2. The number of aromatic nitrogens is 4. The number of carbonyl (C=O) groups is 1. The van der Waals surface area contributed by atoms with Gasteiger partial charge in [0.05, 0.1) is 32.3 Å². The molecule has 2 aliphatic heterocycles. The van der Waals surface area contributed by atoms with Crippen molar-refractivity contribution in [3.8, 4) is 11.5 Å². The number of rotatable bonds is 10. The van der Waals surface area contributed by atoms with E-state index in [4.69, 9.17) is 26.8 Å². The normalized spacial score (nSPS) is 21.3. The minimum absolute atomic E-state index is 0.0300. The van der Waals surface area contributed by atoms with E-state index in [1.165, 1.54) is 11.1 Å². The first-order valence-corrected chi connectivity index (χ1v) is 18.0. The van der Waals surface area contributed by atoms with E-state index < -0.39 is 0 Å². The Balaban J connectivity index is 1.02. The zero-order chi connectivity index (χ0) is 34.0. The summed E-state index contributed by atoms with van der Waals surface area (Å²) in [5.41, 5.74) is 10.2. The molecule has 0 radical (unpaired) electrons. The molecule has 0 bridgehead atoms. The molecule has 11 nitrogen and oxygen atoms in total. The van der Waals surface area contributed by atoms with Crippen LogP contribution in [-0.2, 0) is 23.3 Å². The highest BCUT2D eigenvalue weighted by atomic mass is 35.5. The first-order valence-electron chi connectivity index (χ1n) is 17.6. The van der Waals surface area contributed by atoms with E-state index in [0.717, 1.165) is 91.9 Å². The van der Waals surface area contributed by atoms with Crippen LogP contribution in [0.25, 0.3) is 11.0 Å². The largest absolute Gasteiger partial charge is 0.493 e. The van der Waals surface area contributed by atoms with Crippen molar-refractivity contribution in [3.05, 3.63) is 70.6 Å². The molecular weight excluding hydrogens is 640 g/mol. The summed E-state index contributed by atoms with van der Waals surface area (Å²) < 4.78 is 13.3. The van der Waals surface area contributed by atoms with Gasteiger partial charge < -0.3 is 25.0 Å². The molecule has 2 aromatic heterocycles. The Morgan fingerprint density at radius 1 is 1.00 bits per heavy atom. The maximum atomic E-state index is 14.0. The summed E-state index contributed by atoms with van der Waals surface area (Å²) in [6.45, 7) is 6.03. The first-order chi connectivity index (χ1) is 24.0. The van der Waals surface area contributed by atoms with E-state index in [1.54, 1.807) is 20.5 Å². The van der Waals surface area contributed by atoms with E-state index in [-0.39, 0.29) is 17.4 Å². The fraction of sp³-hybridized carbons (Fsp3) is 0.514. The van der Waals surface area contributed by atoms with Crippen molar-refractivity contribution in [1.29, 1.82) is 0 Å². The second-order valence-corrected chi connectivity index (χ2v) is 14.0. The summed E-state index contributed by atoms with van der Waals surface area (Å²) in [5.74, 6) is 2.73. The van der Waals surface area contributed by atoms with Gasteiger partial charge in [-0.25, -0.2) is 14.6 Å². The van der Waals surface area contributed by atoms with Gasteiger partial charge in [-0.05, 0) is 92.9 Å². The third-order valence-corrected chi connectivity index (χ3v) is 11.4. The van der Waals surface area contributed by atoms with Crippen LogP contribution >= 0.6 is 11.6 Å². The second-order valence-electron chi connectivity index (χ2n) is 13.5. The molecule has 4 heterocycles. The monoisotopic (exact) mass is 686 g/mol. The van der Waals surface area contributed by atoms with Crippen molar-refractivity contribution in [2.45, 2.75) is 57.0 Å². The van der Waals surface area contributed by atoms with Gasteiger partial charge in [-0.3, -0.25) is 9.69 Å². The molecule has 3 aliphatic rings. The number of carbonyl (C=O) groups excluding carboxylic acids is 1. The van der Waals surface area contributed by atoms with Gasteiger partial charge in [0.2, 0.25) is 5.91 Å². The number of fused-ring (bicyclic) bond motifs is 3. The molecule has 2 aromatic carbocycles. The Bertz CT molecular complexity index is 1780. The van der Waals surface area contributed by atoms with E-state index in [9.17, 15) is 4.79 Å². The van der Waals surface area contributed by atoms with Gasteiger partial charge in [-0.15, -0.1) is 0 Å². The zero-order valence-corrected chi connectivity index (χ0v) is 29.4. The fourth-order valence-electron chi connectivity index (χ4n) is 8.33. The fourth-order valence-corrected chi connectivity index (χ4v) is 8.53. The number of nitrogens with zero attached hydrogens (tertiary/aromatic N) is 7. The molecule has 260 valence electrons. The number of nitrogens with two attached hydrogens (primary N) is 1. The molecule has 1 saturated heterocycles. The minimum Gasteiger partial charge on any atom is -0.493 e. The van der Waals surface area contributed by atoms with Gasteiger partial charge in [0.15, 0.2) is 17.1 Å². The molecule has 1 spiro atoms. The molecule has 4 aromatic rings. The van der Waals surface area contributed by atoms with Crippen molar-refractivity contribution in [3.63, 3.8) is 0 Å².